The fourth-order valence-corrected chi connectivity index (χ4v) is 11.2. The first-order valence-corrected chi connectivity index (χ1v) is 23.6. The average molecular weight is 931 g/mol. The third kappa shape index (κ3) is 7.70. The van der Waals surface area contributed by atoms with E-state index in [1.807, 2.05) is 157 Å². The Labute approximate surface area is 398 Å². The lowest BCUT2D eigenvalue weighted by atomic mass is 9.66. The predicted octanol–water partition coefficient (Wildman–Crippen LogP) is 8.42. The van der Waals surface area contributed by atoms with E-state index in [0.717, 1.165) is 22.3 Å². The topological polar surface area (TPSA) is 151 Å². The number of carbonyl (C=O) groups excluding carboxylic acids is 4. The van der Waals surface area contributed by atoms with Gasteiger partial charge in [-0.05, 0) is 73.9 Å². The van der Waals surface area contributed by atoms with Crippen LogP contribution in [0.25, 0.3) is 0 Å². The monoisotopic (exact) mass is 930 g/mol. The number of ether oxygens (including phenoxy) is 9. The number of hydrogen-bond acceptors (Lipinski definition) is 13. The minimum absolute atomic E-state index is 0.00779. The summed E-state index contributed by atoms with van der Waals surface area (Å²) in [5, 5.41) is 0. The molecule has 0 aromatic heterocycles. The molecule has 3 aliphatic carbocycles. The van der Waals surface area contributed by atoms with Gasteiger partial charge in [0.25, 0.3) is 0 Å². The Morgan fingerprint density at radius 2 is 0.765 bits per heavy atom. The number of rotatable bonds is 17. The van der Waals surface area contributed by atoms with Gasteiger partial charge in [-0.25, -0.2) is 9.59 Å². The zero-order valence-corrected chi connectivity index (χ0v) is 39.9. The molecule has 13 nitrogen and oxygen atoms in total. The molecule has 2 heterocycles. The molecule has 10 atom stereocenters. The molecular weight excluding hydrogens is 869 g/mol. The number of esters is 4. The van der Waals surface area contributed by atoms with Crippen molar-refractivity contribution in [3.63, 3.8) is 0 Å². The van der Waals surface area contributed by atoms with Crippen LogP contribution in [0.3, 0.4) is 0 Å². The van der Waals surface area contributed by atoms with E-state index in [-0.39, 0.29) is 39.3 Å². The summed E-state index contributed by atoms with van der Waals surface area (Å²) in [5.74, 6) is -1.78. The van der Waals surface area contributed by atoms with E-state index >= 15 is 9.59 Å². The van der Waals surface area contributed by atoms with Crippen molar-refractivity contribution in [2.75, 3.05) is 7.11 Å². The van der Waals surface area contributed by atoms with Crippen LogP contribution in [0.5, 0.6) is 5.75 Å². The first-order valence-electron chi connectivity index (χ1n) is 23.6. The average Bonchev–Trinajstić information content (AvgIpc) is 3.81. The van der Waals surface area contributed by atoms with Crippen LogP contribution in [0, 0.1) is 21.7 Å². The van der Waals surface area contributed by atoms with Crippen LogP contribution in [0.2, 0.25) is 0 Å². The number of methoxy groups -OCH3 is 1. The molecule has 3 saturated carbocycles. The van der Waals surface area contributed by atoms with Crippen molar-refractivity contribution in [1.82, 2.24) is 0 Å². The molecule has 5 aliphatic rings. The Morgan fingerprint density at radius 3 is 1.03 bits per heavy atom. The van der Waals surface area contributed by atoms with E-state index in [9.17, 15) is 9.59 Å². The zero-order valence-electron chi connectivity index (χ0n) is 39.9. The van der Waals surface area contributed by atoms with E-state index in [4.69, 9.17) is 42.6 Å². The van der Waals surface area contributed by atoms with Crippen LogP contribution in [-0.4, -0.2) is 78.8 Å². The molecule has 4 aromatic rings. The van der Waals surface area contributed by atoms with E-state index in [2.05, 4.69) is 0 Å². The van der Waals surface area contributed by atoms with Gasteiger partial charge >= 0.3 is 23.9 Å². The van der Waals surface area contributed by atoms with E-state index in [1.165, 1.54) is 0 Å². The van der Waals surface area contributed by atoms with Gasteiger partial charge in [-0.15, -0.1) is 0 Å². The van der Waals surface area contributed by atoms with Crippen LogP contribution in [0.4, 0.5) is 0 Å². The zero-order chi connectivity index (χ0) is 48.1. The maximum atomic E-state index is 15.3. The third-order valence-electron chi connectivity index (χ3n) is 16.7. The maximum Gasteiger partial charge on any atom is 0.351 e. The van der Waals surface area contributed by atoms with Crippen LogP contribution >= 0.6 is 0 Å². The fourth-order valence-electron chi connectivity index (χ4n) is 11.2. The fraction of sp³-hybridized carbons (Fsp3) is 0.491. The summed E-state index contributed by atoms with van der Waals surface area (Å²) in [6.07, 6.45) is -6.09. The lowest BCUT2D eigenvalue weighted by Gasteiger charge is -2.50. The Hall–Kier alpha value is -5.60. The Morgan fingerprint density at radius 1 is 0.456 bits per heavy atom. The molecule has 68 heavy (non-hydrogen) atoms. The Balaban J connectivity index is 1.19. The second-order valence-corrected chi connectivity index (χ2v) is 20.5. The molecule has 0 radical (unpaired) electrons. The molecular formula is C55H62O13. The molecule has 5 fully saturated rings. The molecule has 9 rings (SSSR count). The SMILES string of the molecule is COc1ccc(CO[C@@H]2[C@H](OCc3ccccc3)[C@H](OC(=O)[C@@]34CC[C@@](C)(C(=O)O3)C4(C)C)[C@@H](OCc3ccccc3)[C@H](OCc3ccccc3)[C@H]2OC(=O)[C@@]23CC[C@@](C)(C(=O)O2)C3(C)C)cc1. The number of carbonyl (C=O) groups is 4. The second kappa shape index (κ2) is 18.0. The van der Waals surface area contributed by atoms with Gasteiger partial charge in [0.05, 0.1) is 44.4 Å². The summed E-state index contributed by atoms with van der Waals surface area (Å²) in [5.41, 5.74) is -3.81. The quantitative estimate of drug-likeness (QED) is 0.0737. The van der Waals surface area contributed by atoms with Gasteiger partial charge in [0.15, 0.2) is 12.2 Å². The van der Waals surface area contributed by atoms with Gasteiger partial charge < -0.3 is 42.6 Å². The highest BCUT2D eigenvalue weighted by Crippen LogP contribution is 2.67. The minimum atomic E-state index is -1.63. The van der Waals surface area contributed by atoms with Gasteiger partial charge in [-0.2, -0.15) is 0 Å². The molecule has 360 valence electrons. The molecule has 0 N–H and O–H groups in total. The Bertz CT molecular complexity index is 2480. The molecule has 2 aliphatic heterocycles. The van der Waals surface area contributed by atoms with Crippen molar-refractivity contribution in [3.8, 4) is 5.75 Å². The highest BCUT2D eigenvalue weighted by atomic mass is 16.7. The minimum Gasteiger partial charge on any atom is -0.497 e. The Kier molecular flexibility index (Phi) is 12.6. The van der Waals surface area contributed by atoms with E-state index in [1.54, 1.807) is 7.11 Å². The first-order chi connectivity index (χ1) is 32.5. The summed E-state index contributed by atoms with van der Waals surface area (Å²) in [7, 11) is 1.59. The summed E-state index contributed by atoms with van der Waals surface area (Å²) >= 11 is 0. The summed E-state index contributed by atoms with van der Waals surface area (Å²) in [4.78, 5) is 57.8. The third-order valence-corrected chi connectivity index (χ3v) is 16.7. The molecule has 0 amide bonds. The number of benzene rings is 4. The first kappa shape index (κ1) is 47.5. The van der Waals surface area contributed by atoms with E-state index < -0.39 is 93.4 Å². The smallest absolute Gasteiger partial charge is 0.351 e. The summed E-state index contributed by atoms with van der Waals surface area (Å²) in [6, 6.07) is 35.9. The number of fused-ring (bicyclic) bond motifs is 4. The largest absolute Gasteiger partial charge is 0.497 e. The molecule has 4 aromatic carbocycles. The van der Waals surface area contributed by atoms with Gasteiger partial charge in [0.1, 0.15) is 30.2 Å². The van der Waals surface area contributed by atoms with Crippen LogP contribution in [-0.2, 0) is 83.5 Å². The van der Waals surface area contributed by atoms with E-state index in [0.29, 0.717) is 18.6 Å². The van der Waals surface area contributed by atoms with Crippen molar-refractivity contribution >= 4 is 23.9 Å². The lowest BCUT2D eigenvalue weighted by Crippen LogP contribution is -2.69. The van der Waals surface area contributed by atoms with Crippen molar-refractivity contribution in [2.24, 2.45) is 21.7 Å². The van der Waals surface area contributed by atoms with Crippen LogP contribution in [0.15, 0.2) is 115 Å². The maximum absolute atomic E-state index is 15.3. The van der Waals surface area contributed by atoms with Gasteiger partial charge in [0.2, 0.25) is 11.2 Å². The van der Waals surface area contributed by atoms with Gasteiger partial charge in [-0.1, -0.05) is 131 Å². The normalized spacial score (nSPS) is 32.9. The molecule has 13 heteroatoms. The highest BCUT2D eigenvalue weighted by molar-refractivity contribution is 5.94. The molecule has 4 bridgehead atoms. The van der Waals surface area contributed by atoms with Crippen LogP contribution in [0.1, 0.15) is 89.5 Å². The second-order valence-electron chi connectivity index (χ2n) is 20.5. The lowest BCUT2D eigenvalue weighted by molar-refractivity contribution is -0.287. The van der Waals surface area contributed by atoms with Crippen LogP contribution < -0.4 is 4.74 Å². The number of hydrogen-bond donors (Lipinski definition) is 0. The molecule has 0 unspecified atom stereocenters. The standard InChI is InChI=1S/C55H62O13/c1-50(2)52(5)27-29-54(50,67-46(52)56)48(58)65-44-40(61-31-35-17-11-8-12-18-35)41(62-32-36-19-13-9-14-20-36)45(66-49(59)55-30-28-53(6,47(57)68-55)51(55,3)4)43(42(44)63-33-37-21-15-10-16-22-37)64-34-38-23-25-39(60-7)26-24-38/h8-26,40-45H,27-34H2,1-7H3/t40-,41-,42-,43+,44+,45+,52-,53-,54+,55+/m0/s1. The molecule has 2 saturated heterocycles. The van der Waals surface area contributed by atoms with Crippen molar-refractivity contribution in [2.45, 2.75) is 141 Å². The highest BCUT2D eigenvalue weighted by Gasteiger charge is 2.78. The summed E-state index contributed by atoms with van der Waals surface area (Å²) < 4.78 is 59.2. The summed E-state index contributed by atoms with van der Waals surface area (Å²) in [6.45, 7) is 11.2. The van der Waals surface area contributed by atoms with Gasteiger partial charge in [0, 0.05) is 10.8 Å². The van der Waals surface area contributed by atoms with Crippen molar-refractivity contribution in [3.05, 3.63) is 138 Å². The predicted molar refractivity (Wildman–Crippen MR) is 246 cm³/mol. The van der Waals surface area contributed by atoms with Crippen molar-refractivity contribution in [1.29, 1.82) is 0 Å². The van der Waals surface area contributed by atoms with Gasteiger partial charge in [-0.3, -0.25) is 9.59 Å². The molecule has 0 spiro atoms. The van der Waals surface area contributed by atoms with Crippen molar-refractivity contribution < 1.29 is 61.8 Å².